The molecule has 0 amide bonds. The molecule has 0 unspecified atom stereocenters. The molecule has 0 fully saturated rings. The summed E-state index contributed by atoms with van der Waals surface area (Å²) in [5, 5.41) is 0. The molecule has 0 aromatic rings. The van der Waals surface area contributed by atoms with E-state index in [1.54, 1.807) is 0 Å². The Labute approximate surface area is 73.7 Å². The summed E-state index contributed by atoms with van der Waals surface area (Å²) in [6, 6.07) is 0. The van der Waals surface area contributed by atoms with Gasteiger partial charge in [0.15, 0.2) is 0 Å². The van der Waals surface area contributed by atoms with E-state index in [2.05, 4.69) is 17.9 Å². The highest BCUT2D eigenvalue weighted by Crippen LogP contribution is 2.34. The monoisotopic (exact) mass is 194 g/mol. The van der Waals surface area contributed by atoms with Crippen LogP contribution in [0.4, 0.5) is 13.2 Å². The highest BCUT2D eigenvalue weighted by atomic mass is 19.4. The van der Waals surface area contributed by atoms with Gasteiger partial charge in [-0.25, -0.2) is 0 Å². The molecule has 2 nitrogen and oxygen atoms in total. The highest BCUT2D eigenvalue weighted by molar-refractivity contribution is 5.39. The van der Waals surface area contributed by atoms with Crippen LogP contribution in [0.15, 0.2) is 25.0 Å². The molecule has 74 valence electrons. The van der Waals surface area contributed by atoms with E-state index in [0.717, 1.165) is 6.08 Å². The van der Waals surface area contributed by atoms with Gasteiger partial charge in [0, 0.05) is 0 Å². The zero-order chi connectivity index (χ0) is 10.5. The third kappa shape index (κ3) is 3.78. The maximum atomic E-state index is 12.2. The Morgan fingerprint density at radius 1 is 1.54 bits per heavy atom. The fourth-order valence-corrected chi connectivity index (χ4v) is 0.758. The summed E-state index contributed by atoms with van der Waals surface area (Å²) in [6.45, 7) is 6.10. The standard InChI is InChI=1S/C8H9F3O2/c1-3-4-7(8(9,10)11)6(2)13-5-12/h3,5,7H,1-2,4H2/t7-/m1/s1. The summed E-state index contributed by atoms with van der Waals surface area (Å²) >= 11 is 0. The Balaban J connectivity index is 4.49. The van der Waals surface area contributed by atoms with Crippen LogP contribution >= 0.6 is 0 Å². The molecule has 0 aliphatic heterocycles. The van der Waals surface area contributed by atoms with E-state index >= 15 is 0 Å². The Bertz CT molecular complexity index is 208. The van der Waals surface area contributed by atoms with E-state index in [-0.39, 0.29) is 12.9 Å². The number of hydrogen-bond acceptors (Lipinski definition) is 2. The molecule has 0 spiro atoms. The Kier molecular flexibility index (Phi) is 4.23. The van der Waals surface area contributed by atoms with Gasteiger partial charge >= 0.3 is 6.18 Å². The molecule has 13 heavy (non-hydrogen) atoms. The molecule has 0 aromatic heterocycles. The third-order valence-electron chi connectivity index (χ3n) is 1.39. The first-order valence-corrected chi connectivity index (χ1v) is 3.40. The number of halogens is 3. The summed E-state index contributed by atoms with van der Waals surface area (Å²) in [5.41, 5.74) is 0. The molecule has 0 aliphatic carbocycles. The Hall–Kier alpha value is -1.26. The Morgan fingerprint density at radius 2 is 2.08 bits per heavy atom. The fraction of sp³-hybridized carbons (Fsp3) is 0.375. The predicted octanol–water partition coefficient (Wildman–Crippen LogP) is 2.43. The molecule has 0 rings (SSSR count). The van der Waals surface area contributed by atoms with Crippen molar-refractivity contribution >= 4 is 6.47 Å². The molecule has 0 N–H and O–H groups in total. The summed E-state index contributed by atoms with van der Waals surface area (Å²) in [4.78, 5) is 9.77. The van der Waals surface area contributed by atoms with E-state index in [9.17, 15) is 18.0 Å². The summed E-state index contributed by atoms with van der Waals surface area (Å²) in [6.07, 6.45) is -3.72. The van der Waals surface area contributed by atoms with Crippen molar-refractivity contribution in [3.8, 4) is 0 Å². The topological polar surface area (TPSA) is 26.3 Å². The number of alkyl halides is 3. The number of allylic oxidation sites excluding steroid dienone is 2. The predicted molar refractivity (Wildman–Crippen MR) is 40.6 cm³/mol. The first-order chi connectivity index (χ1) is 5.93. The summed E-state index contributed by atoms with van der Waals surface area (Å²) in [5.74, 6) is -2.47. The average Bonchev–Trinajstić information content (AvgIpc) is 1.98. The molecule has 5 heteroatoms. The maximum Gasteiger partial charge on any atom is 0.399 e. The number of hydrogen-bond donors (Lipinski definition) is 0. The first kappa shape index (κ1) is 11.7. The van der Waals surface area contributed by atoms with Crippen molar-refractivity contribution in [3.05, 3.63) is 25.0 Å². The van der Waals surface area contributed by atoms with E-state index in [1.165, 1.54) is 0 Å². The fourth-order valence-electron chi connectivity index (χ4n) is 0.758. The van der Waals surface area contributed by atoms with E-state index in [4.69, 9.17) is 0 Å². The maximum absolute atomic E-state index is 12.2. The highest BCUT2D eigenvalue weighted by Gasteiger charge is 2.41. The van der Waals surface area contributed by atoms with Crippen LogP contribution in [0.25, 0.3) is 0 Å². The molecule has 0 saturated heterocycles. The van der Waals surface area contributed by atoms with Crippen molar-refractivity contribution in [2.24, 2.45) is 5.92 Å². The van der Waals surface area contributed by atoms with E-state index < -0.39 is 17.9 Å². The van der Waals surface area contributed by atoms with Crippen LogP contribution in [0.2, 0.25) is 0 Å². The molecule has 0 radical (unpaired) electrons. The zero-order valence-corrected chi connectivity index (χ0v) is 6.80. The minimum atomic E-state index is -4.46. The number of carbonyl (C=O) groups excluding carboxylic acids is 1. The second kappa shape index (κ2) is 4.69. The molecule has 0 saturated carbocycles. The number of rotatable bonds is 5. The average molecular weight is 194 g/mol. The molecule has 0 bridgehead atoms. The quantitative estimate of drug-likeness (QED) is 0.381. The van der Waals surface area contributed by atoms with E-state index in [1.807, 2.05) is 0 Å². The van der Waals surface area contributed by atoms with Gasteiger partial charge in [-0.05, 0) is 6.42 Å². The van der Waals surface area contributed by atoms with Crippen LogP contribution in [-0.4, -0.2) is 12.6 Å². The van der Waals surface area contributed by atoms with Gasteiger partial charge in [-0.3, -0.25) is 4.79 Å². The van der Waals surface area contributed by atoms with Crippen molar-refractivity contribution in [2.45, 2.75) is 12.6 Å². The van der Waals surface area contributed by atoms with Crippen LogP contribution in [-0.2, 0) is 9.53 Å². The van der Waals surface area contributed by atoms with Crippen LogP contribution < -0.4 is 0 Å². The smallest absolute Gasteiger partial charge is 0.399 e. The lowest BCUT2D eigenvalue weighted by atomic mass is 10.0. The molecule has 1 atom stereocenters. The van der Waals surface area contributed by atoms with Crippen LogP contribution in [0.5, 0.6) is 0 Å². The number of carbonyl (C=O) groups is 1. The van der Waals surface area contributed by atoms with Crippen molar-refractivity contribution in [3.63, 3.8) is 0 Å². The second-order valence-electron chi connectivity index (χ2n) is 2.30. The van der Waals surface area contributed by atoms with Crippen LogP contribution in [0, 0.1) is 5.92 Å². The number of ether oxygens (including phenoxy) is 1. The van der Waals surface area contributed by atoms with Gasteiger partial charge in [-0.1, -0.05) is 12.7 Å². The van der Waals surface area contributed by atoms with Crippen molar-refractivity contribution in [2.75, 3.05) is 0 Å². The van der Waals surface area contributed by atoms with Crippen molar-refractivity contribution < 1.29 is 22.7 Å². The molecule has 0 heterocycles. The molecular weight excluding hydrogens is 185 g/mol. The second-order valence-corrected chi connectivity index (χ2v) is 2.30. The zero-order valence-electron chi connectivity index (χ0n) is 6.80. The van der Waals surface area contributed by atoms with Gasteiger partial charge in [0.2, 0.25) is 0 Å². The minimum Gasteiger partial charge on any atom is -0.433 e. The summed E-state index contributed by atoms with van der Waals surface area (Å²) in [7, 11) is 0. The lowest BCUT2D eigenvalue weighted by Gasteiger charge is -2.18. The van der Waals surface area contributed by atoms with Crippen LogP contribution in [0.3, 0.4) is 0 Å². The lowest BCUT2D eigenvalue weighted by Crippen LogP contribution is -2.24. The normalized spacial score (nSPS) is 13.2. The van der Waals surface area contributed by atoms with Crippen molar-refractivity contribution in [1.82, 2.24) is 0 Å². The summed E-state index contributed by atoms with van der Waals surface area (Å²) < 4.78 is 40.6. The van der Waals surface area contributed by atoms with Gasteiger partial charge in [0.25, 0.3) is 6.47 Å². The van der Waals surface area contributed by atoms with Gasteiger partial charge in [-0.2, -0.15) is 13.2 Å². The SMILES string of the molecule is C=CC[C@H](C(=C)OC=O)C(F)(F)F. The minimum absolute atomic E-state index is 0.0792. The molecular formula is C8H9F3O2. The molecule has 0 aromatic carbocycles. The molecule has 0 aliphatic rings. The van der Waals surface area contributed by atoms with Gasteiger partial charge < -0.3 is 4.74 Å². The lowest BCUT2D eigenvalue weighted by molar-refractivity contribution is -0.173. The van der Waals surface area contributed by atoms with Crippen molar-refractivity contribution in [1.29, 1.82) is 0 Å². The van der Waals surface area contributed by atoms with Gasteiger partial charge in [0.05, 0.1) is 0 Å². The Morgan fingerprint density at radius 3 is 2.38 bits per heavy atom. The van der Waals surface area contributed by atoms with E-state index in [0.29, 0.717) is 0 Å². The van der Waals surface area contributed by atoms with Gasteiger partial charge in [0.1, 0.15) is 11.7 Å². The van der Waals surface area contributed by atoms with Crippen LogP contribution in [0.1, 0.15) is 6.42 Å². The largest absolute Gasteiger partial charge is 0.433 e. The third-order valence-corrected chi connectivity index (χ3v) is 1.39. The van der Waals surface area contributed by atoms with Gasteiger partial charge in [-0.15, -0.1) is 6.58 Å². The first-order valence-electron chi connectivity index (χ1n) is 3.40.